The molecular weight excluding hydrogens is 451 g/mol. The number of pyridine rings is 2. The average molecular weight is 472 g/mol. The number of carbonyl (C=O) groups is 1. The van der Waals surface area contributed by atoms with E-state index in [2.05, 4.69) is 20.3 Å². The van der Waals surface area contributed by atoms with Gasteiger partial charge >= 0.3 is 6.18 Å². The third-order valence-corrected chi connectivity index (χ3v) is 8.09. The van der Waals surface area contributed by atoms with Crippen LogP contribution in [0.3, 0.4) is 0 Å². The fourth-order valence-electron chi connectivity index (χ4n) is 5.67. The minimum Gasteiger partial charge on any atom is -0.365 e. The van der Waals surface area contributed by atoms with E-state index in [1.165, 1.54) is 17.4 Å². The Morgan fingerprint density at radius 3 is 2.73 bits per heavy atom. The lowest BCUT2D eigenvalue weighted by Gasteiger charge is -2.48. The van der Waals surface area contributed by atoms with Crippen LogP contribution in [0.2, 0.25) is 0 Å². The summed E-state index contributed by atoms with van der Waals surface area (Å²) in [7, 11) is 0. The van der Waals surface area contributed by atoms with Crippen LogP contribution in [0.5, 0.6) is 0 Å². The molecule has 4 heterocycles. The van der Waals surface area contributed by atoms with E-state index in [1.807, 2.05) is 23.3 Å². The molecule has 0 bridgehead atoms. The molecule has 4 unspecified atom stereocenters. The normalized spacial score (nSPS) is 27.5. The molecule has 6 nitrogen and oxygen atoms in total. The highest BCUT2D eigenvalue weighted by Crippen LogP contribution is 2.71. The van der Waals surface area contributed by atoms with Crippen molar-refractivity contribution >= 4 is 23.1 Å². The molecule has 1 saturated heterocycles. The van der Waals surface area contributed by atoms with Crippen LogP contribution in [0.25, 0.3) is 10.6 Å². The monoisotopic (exact) mass is 471 g/mol. The minimum absolute atomic E-state index is 0.0226. The van der Waals surface area contributed by atoms with Crippen molar-refractivity contribution in [2.24, 2.45) is 11.3 Å². The van der Waals surface area contributed by atoms with Gasteiger partial charge in [0.25, 0.3) is 5.91 Å². The van der Waals surface area contributed by atoms with Gasteiger partial charge in [-0.1, -0.05) is 0 Å². The van der Waals surface area contributed by atoms with Crippen molar-refractivity contribution in [2.75, 3.05) is 11.9 Å². The van der Waals surface area contributed by atoms with Crippen LogP contribution in [0.4, 0.5) is 19.0 Å². The molecule has 0 aromatic carbocycles. The van der Waals surface area contributed by atoms with Crippen molar-refractivity contribution < 1.29 is 18.0 Å². The summed E-state index contributed by atoms with van der Waals surface area (Å²) < 4.78 is 38.5. The summed E-state index contributed by atoms with van der Waals surface area (Å²) in [5.74, 6) is 0.738. The van der Waals surface area contributed by atoms with Gasteiger partial charge in [0.15, 0.2) is 0 Å². The summed E-state index contributed by atoms with van der Waals surface area (Å²) in [6.07, 6.45) is 1.75. The third-order valence-electron chi connectivity index (χ3n) is 7.30. The summed E-state index contributed by atoms with van der Waals surface area (Å²) >= 11 is 1.47. The number of nitrogens with one attached hydrogen (secondary N) is 1. The van der Waals surface area contributed by atoms with Gasteiger partial charge in [0.1, 0.15) is 16.5 Å². The predicted molar refractivity (Wildman–Crippen MR) is 117 cm³/mol. The minimum atomic E-state index is -4.42. The van der Waals surface area contributed by atoms with Gasteiger partial charge in [-0.2, -0.15) is 13.2 Å². The predicted octanol–water partition coefficient (Wildman–Crippen LogP) is 4.64. The molecule has 3 aromatic rings. The molecule has 0 radical (unpaired) electrons. The Balaban J connectivity index is 1.26. The standard InChI is InChI=1S/C23H20F3N5OS/c1-12-4-5-27-18(17(12)20-28-6-7-33-20)21(32)31-11-14-8-22(14)9-15(19(22)31)30-16-3-2-13(10-29-16)23(24,25)26/h2-7,10,14-15,19H,8-9,11H2,1H3,(H,29,30). The lowest BCUT2D eigenvalue weighted by molar-refractivity contribution is -0.137. The maximum absolute atomic E-state index is 13.7. The summed E-state index contributed by atoms with van der Waals surface area (Å²) in [4.78, 5) is 28.4. The van der Waals surface area contributed by atoms with E-state index in [9.17, 15) is 18.0 Å². The highest BCUT2D eigenvalue weighted by Gasteiger charge is 2.75. The van der Waals surface area contributed by atoms with E-state index in [0.29, 0.717) is 24.0 Å². The van der Waals surface area contributed by atoms with E-state index in [4.69, 9.17) is 0 Å². The molecule has 3 aliphatic rings. The van der Waals surface area contributed by atoms with Crippen LogP contribution in [0.1, 0.15) is 34.5 Å². The largest absolute Gasteiger partial charge is 0.417 e. The average Bonchev–Trinajstić information content (AvgIpc) is 3.14. The Hall–Kier alpha value is -3.01. The van der Waals surface area contributed by atoms with Gasteiger partial charge < -0.3 is 10.2 Å². The van der Waals surface area contributed by atoms with Crippen molar-refractivity contribution in [3.8, 4) is 10.6 Å². The fraction of sp³-hybridized carbons (Fsp3) is 0.391. The van der Waals surface area contributed by atoms with Crippen LogP contribution in [-0.4, -0.2) is 44.4 Å². The summed E-state index contributed by atoms with van der Waals surface area (Å²) in [5.41, 5.74) is 1.45. The molecular formula is C23H20F3N5OS. The SMILES string of the molecule is Cc1ccnc(C(=O)N2CC3CC34CC(Nc3ccc(C(F)(F)F)cn3)C24)c1-c1nccs1. The number of rotatable bonds is 4. The van der Waals surface area contributed by atoms with Gasteiger partial charge in [0.05, 0.1) is 11.6 Å². The second-order valence-electron chi connectivity index (χ2n) is 9.11. The number of aryl methyl sites for hydroxylation is 1. The molecule has 2 saturated carbocycles. The van der Waals surface area contributed by atoms with E-state index < -0.39 is 11.7 Å². The zero-order valence-corrected chi connectivity index (χ0v) is 18.5. The molecule has 4 atom stereocenters. The first-order chi connectivity index (χ1) is 15.8. The quantitative estimate of drug-likeness (QED) is 0.600. The number of amides is 1. The van der Waals surface area contributed by atoms with Crippen molar-refractivity contribution in [2.45, 2.75) is 38.0 Å². The van der Waals surface area contributed by atoms with Crippen molar-refractivity contribution in [1.29, 1.82) is 0 Å². The smallest absolute Gasteiger partial charge is 0.365 e. The fourth-order valence-corrected chi connectivity index (χ4v) is 6.42. The molecule has 2 aliphatic carbocycles. The van der Waals surface area contributed by atoms with Gasteiger partial charge in [0.2, 0.25) is 0 Å². The van der Waals surface area contributed by atoms with Crippen LogP contribution >= 0.6 is 11.3 Å². The first-order valence-electron chi connectivity index (χ1n) is 10.7. The molecule has 10 heteroatoms. The Morgan fingerprint density at radius 2 is 2.03 bits per heavy atom. The van der Waals surface area contributed by atoms with E-state index in [0.717, 1.165) is 41.2 Å². The highest BCUT2D eigenvalue weighted by molar-refractivity contribution is 7.13. The van der Waals surface area contributed by atoms with Crippen LogP contribution < -0.4 is 5.32 Å². The number of aromatic nitrogens is 3. The van der Waals surface area contributed by atoms with Crippen molar-refractivity contribution in [3.63, 3.8) is 0 Å². The maximum Gasteiger partial charge on any atom is 0.417 e. The number of halogens is 3. The number of alkyl halides is 3. The summed E-state index contributed by atoms with van der Waals surface area (Å²) in [6.45, 7) is 2.62. The Morgan fingerprint density at radius 1 is 1.18 bits per heavy atom. The molecule has 3 aromatic heterocycles. The number of hydrogen-bond acceptors (Lipinski definition) is 6. The van der Waals surface area contributed by atoms with Gasteiger partial charge in [-0.05, 0) is 54.9 Å². The van der Waals surface area contributed by atoms with Crippen LogP contribution in [0.15, 0.2) is 42.2 Å². The zero-order valence-electron chi connectivity index (χ0n) is 17.6. The maximum atomic E-state index is 13.7. The van der Waals surface area contributed by atoms with Gasteiger partial charge in [-0.3, -0.25) is 9.78 Å². The number of nitrogens with zero attached hydrogens (tertiary/aromatic N) is 4. The molecule has 1 amide bonds. The van der Waals surface area contributed by atoms with Gasteiger partial charge in [-0.25, -0.2) is 9.97 Å². The van der Waals surface area contributed by atoms with Crippen molar-refractivity contribution in [3.05, 3.63) is 59.0 Å². The molecule has 1 spiro atoms. The molecule has 1 N–H and O–H groups in total. The number of piperidine rings is 1. The number of thiazole rings is 1. The van der Waals surface area contributed by atoms with Crippen molar-refractivity contribution in [1.82, 2.24) is 19.9 Å². The summed E-state index contributed by atoms with van der Waals surface area (Å²) in [6, 6.07) is 4.17. The molecule has 170 valence electrons. The van der Waals surface area contributed by atoms with Crippen LogP contribution in [-0.2, 0) is 6.18 Å². The van der Waals surface area contributed by atoms with Crippen LogP contribution in [0, 0.1) is 18.3 Å². The zero-order chi connectivity index (χ0) is 23.0. The number of carbonyl (C=O) groups excluding carboxylic acids is 1. The number of likely N-dealkylation sites (tertiary alicyclic amines) is 1. The van der Waals surface area contributed by atoms with Gasteiger partial charge in [-0.15, -0.1) is 11.3 Å². The number of anilines is 1. The third kappa shape index (κ3) is 3.14. The second kappa shape index (κ2) is 6.99. The van der Waals surface area contributed by atoms with Gasteiger partial charge in [0, 0.05) is 42.1 Å². The molecule has 1 aliphatic heterocycles. The molecule has 6 rings (SSSR count). The topological polar surface area (TPSA) is 71.0 Å². The lowest BCUT2D eigenvalue weighted by atomic mass is 9.71. The lowest BCUT2D eigenvalue weighted by Crippen LogP contribution is -2.60. The number of hydrogen-bond donors (Lipinski definition) is 1. The van der Waals surface area contributed by atoms with E-state index in [-0.39, 0.29) is 23.4 Å². The van der Waals surface area contributed by atoms with E-state index in [1.54, 1.807) is 12.4 Å². The second-order valence-corrected chi connectivity index (χ2v) is 10.0. The summed E-state index contributed by atoms with van der Waals surface area (Å²) in [5, 5.41) is 5.91. The molecule has 33 heavy (non-hydrogen) atoms. The highest BCUT2D eigenvalue weighted by atomic mass is 32.1. The first kappa shape index (κ1) is 20.6. The Kier molecular flexibility index (Phi) is 4.36. The first-order valence-corrected chi connectivity index (χ1v) is 11.6. The molecule has 3 fully saturated rings. The van der Waals surface area contributed by atoms with E-state index >= 15 is 0 Å². The Labute approximate surface area is 191 Å². The Bertz CT molecular complexity index is 1230.